The third-order valence-corrected chi connectivity index (χ3v) is 5.25. The topological polar surface area (TPSA) is 125 Å². The lowest BCUT2D eigenvalue weighted by atomic mass is 10.2. The molecule has 2 N–H and O–H groups in total. The number of benzene rings is 2. The first kappa shape index (κ1) is 21.5. The summed E-state index contributed by atoms with van der Waals surface area (Å²) in [5.41, 5.74) is 2.20. The molecular formula is C21H20N4O6S. The van der Waals surface area contributed by atoms with Crippen molar-refractivity contribution in [1.82, 2.24) is 15.5 Å². The van der Waals surface area contributed by atoms with Gasteiger partial charge in [0.25, 0.3) is 5.22 Å². The maximum absolute atomic E-state index is 12.2. The summed E-state index contributed by atoms with van der Waals surface area (Å²) in [4.78, 5) is 24.3. The molecule has 166 valence electrons. The fraction of sp³-hybridized carbons (Fsp3) is 0.238. The van der Waals surface area contributed by atoms with Gasteiger partial charge in [0, 0.05) is 5.56 Å². The van der Waals surface area contributed by atoms with Crippen molar-refractivity contribution in [2.45, 2.75) is 12.1 Å². The summed E-state index contributed by atoms with van der Waals surface area (Å²) in [5.74, 6) is 1.42. The Bertz CT molecular complexity index is 1150. The molecule has 0 saturated heterocycles. The summed E-state index contributed by atoms with van der Waals surface area (Å²) in [6.07, 6.45) is 0. The van der Waals surface area contributed by atoms with Crippen LogP contribution in [0.3, 0.4) is 0 Å². The van der Waals surface area contributed by atoms with Crippen LogP contribution in [0.2, 0.25) is 0 Å². The van der Waals surface area contributed by atoms with E-state index in [0.29, 0.717) is 34.4 Å². The maximum Gasteiger partial charge on any atom is 0.277 e. The fourth-order valence-corrected chi connectivity index (χ4v) is 3.48. The Balaban J connectivity index is 1.25. The van der Waals surface area contributed by atoms with Gasteiger partial charge in [-0.15, -0.1) is 10.2 Å². The highest BCUT2D eigenvalue weighted by Gasteiger charge is 2.17. The standard InChI is InChI=1S/C21H20N4O6S/c1-12-3-5-15(28-2)14(7-12)23-18(26)9-22-19(27)10-32-21-25-24-20(31-21)13-4-6-16-17(8-13)30-11-29-16/h3-8H,9-11H2,1-2H3,(H,22,27)(H,23,26). The lowest BCUT2D eigenvalue weighted by Gasteiger charge is -2.11. The van der Waals surface area contributed by atoms with E-state index in [4.69, 9.17) is 18.6 Å². The fourth-order valence-electron chi connectivity index (χ4n) is 2.89. The number of aromatic nitrogens is 2. The number of nitrogens with one attached hydrogen (secondary N) is 2. The molecule has 10 nitrogen and oxygen atoms in total. The lowest BCUT2D eigenvalue weighted by molar-refractivity contribution is -0.122. The first-order valence-electron chi connectivity index (χ1n) is 9.59. The molecule has 1 aromatic heterocycles. The zero-order valence-electron chi connectivity index (χ0n) is 17.3. The summed E-state index contributed by atoms with van der Waals surface area (Å²) in [5, 5.41) is 13.5. The average Bonchev–Trinajstić information content (AvgIpc) is 3.45. The van der Waals surface area contributed by atoms with Crippen LogP contribution in [0.1, 0.15) is 5.56 Å². The van der Waals surface area contributed by atoms with Crippen LogP contribution in [0.15, 0.2) is 46.0 Å². The number of amides is 2. The van der Waals surface area contributed by atoms with Gasteiger partial charge in [0.15, 0.2) is 11.5 Å². The van der Waals surface area contributed by atoms with E-state index < -0.39 is 0 Å². The molecule has 0 radical (unpaired) electrons. The van der Waals surface area contributed by atoms with Gasteiger partial charge in [-0.1, -0.05) is 17.8 Å². The predicted octanol–water partition coefficient (Wildman–Crippen LogP) is 2.63. The second kappa shape index (κ2) is 9.60. The second-order valence-electron chi connectivity index (χ2n) is 6.76. The average molecular weight is 456 g/mol. The third kappa shape index (κ3) is 5.11. The van der Waals surface area contributed by atoms with E-state index in [-0.39, 0.29) is 36.1 Å². The van der Waals surface area contributed by atoms with Gasteiger partial charge in [0.1, 0.15) is 5.75 Å². The Morgan fingerprint density at radius 1 is 1.09 bits per heavy atom. The van der Waals surface area contributed by atoms with E-state index in [1.54, 1.807) is 30.3 Å². The summed E-state index contributed by atoms with van der Waals surface area (Å²) in [6.45, 7) is 1.90. The van der Waals surface area contributed by atoms with Crippen molar-refractivity contribution < 1.29 is 28.2 Å². The van der Waals surface area contributed by atoms with Crippen molar-refractivity contribution >= 4 is 29.3 Å². The van der Waals surface area contributed by atoms with Gasteiger partial charge in [-0.05, 0) is 42.8 Å². The minimum absolute atomic E-state index is 0.0177. The molecule has 0 fully saturated rings. The number of nitrogens with zero attached hydrogens (tertiary/aromatic N) is 2. The number of methoxy groups -OCH3 is 1. The molecule has 1 aliphatic rings. The van der Waals surface area contributed by atoms with Crippen LogP contribution >= 0.6 is 11.8 Å². The molecule has 0 spiro atoms. The third-order valence-electron chi connectivity index (χ3n) is 4.43. The summed E-state index contributed by atoms with van der Waals surface area (Å²) in [7, 11) is 1.52. The molecule has 0 aliphatic carbocycles. The predicted molar refractivity (Wildman–Crippen MR) is 116 cm³/mol. The largest absolute Gasteiger partial charge is 0.495 e. The Morgan fingerprint density at radius 2 is 1.94 bits per heavy atom. The number of rotatable bonds is 8. The quantitative estimate of drug-likeness (QED) is 0.492. The lowest BCUT2D eigenvalue weighted by Crippen LogP contribution is -2.34. The number of aryl methyl sites for hydroxylation is 1. The molecule has 4 rings (SSSR count). The van der Waals surface area contributed by atoms with Gasteiger partial charge < -0.3 is 29.3 Å². The minimum Gasteiger partial charge on any atom is -0.495 e. The van der Waals surface area contributed by atoms with Crippen LogP contribution in [0.25, 0.3) is 11.5 Å². The van der Waals surface area contributed by atoms with Crippen molar-refractivity contribution in [3.05, 3.63) is 42.0 Å². The van der Waals surface area contributed by atoms with Crippen LogP contribution in [0.4, 0.5) is 5.69 Å². The Labute approximate surface area is 187 Å². The van der Waals surface area contributed by atoms with E-state index in [9.17, 15) is 9.59 Å². The van der Waals surface area contributed by atoms with E-state index >= 15 is 0 Å². The molecule has 1 aliphatic heterocycles. The van der Waals surface area contributed by atoms with Crippen molar-refractivity contribution in [3.63, 3.8) is 0 Å². The molecule has 0 bridgehead atoms. The highest BCUT2D eigenvalue weighted by atomic mass is 32.2. The Hall–Kier alpha value is -3.73. The van der Waals surface area contributed by atoms with E-state index in [1.165, 1.54) is 7.11 Å². The molecule has 0 saturated carbocycles. The van der Waals surface area contributed by atoms with Gasteiger partial charge in [0.05, 0.1) is 25.1 Å². The highest BCUT2D eigenvalue weighted by Crippen LogP contribution is 2.36. The molecule has 0 unspecified atom stereocenters. The molecule has 3 aromatic rings. The minimum atomic E-state index is -0.366. The van der Waals surface area contributed by atoms with Crippen molar-refractivity contribution in [2.24, 2.45) is 0 Å². The molecule has 32 heavy (non-hydrogen) atoms. The molecule has 2 aromatic carbocycles. The van der Waals surface area contributed by atoms with E-state index in [1.807, 2.05) is 13.0 Å². The summed E-state index contributed by atoms with van der Waals surface area (Å²) in [6, 6.07) is 10.7. The number of anilines is 1. The summed E-state index contributed by atoms with van der Waals surface area (Å²) >= 11 is 1.07. The first-order valence-corrected chi connectivity index (χ1v) is 10.6. The first-order chi connectivity index (χ1) is 15.5. The molecule has 2 amide bonds. The maximum atomic E-state index is 12.2. The van der Waals surface area contributed by atoms with Crippen molar-refractivity contribution in [3.8, 4) is 28.7 Å². The van der Waals surface area contributed by atoms with Gasteiger partial charge in [-0.2, -0.15) is 0 Å². The normalized spacial score (nSPS) is 11.8. The number of carbonyl (C=O) groups excluding carboxylic acids is 2. The number of carbonyl (C=O) groups is 2. The van der Waals surface area contributed by atoms with Crippen molar-refractivity contribution in [1.29, 1.82) is 0 Å². The zero-order chi connectivity index (χ0) is 22.5. The molecular weight excluding hydrogens is 436 g/mol. The smallest absolute Gasteiger partial charge is 0.277 e. The SMILES string of the molecule is COc1ccc(C)cc1NC(=O)CNC(=O)CSc1nnc(-c2ccc3c(c2)OCO3)o1. The molecule has 2 heterocycles. The molecule has 11 heteroatoms. The Morgan fingerprint density at radius 3 is 2.78 bits per heavy atom. The van der Waals surface area contributed by atoms with Crippen LogP contribution in [-0.4, -0.2) is 48.2 Å². The van der Waals surface area contributed by atoms with Crippen LogP contribution in [0.5, 0.6) is 17.2 Å². The van der Waals surface area contributed by atoms with Gasteiger partial charge >= 0.3 is 0 Å². The monoisotopic (exact) mass is 456 g/mol. The van der Waals surface area contributed by atoms with Gasteiger partial charge in [-0.3, -0.25) is 9.59 Å². The Kier molecular flexibility index (Phi) is 6.45. The van der Waals surface area contributed by atoms with Crippen molar-refractivity contribution in [2.75, 3.05) is 31.5 Å². The molecule has 0 atom stereocenters. The summed E-state index contributed by atoms with van der Waals surface area (Å²) < 4.78 is 21.4. The number of hydrogen-bond donors (Lipinski definition) is 2. The van der Waals surface area contributed by atoms with Gasteiger partial charge in [-0.25, -0.2) is 0 Å². The van der Waals surface area contributed by atoms with Crippen LogP contribution < -0.4 is 24.8 Å². The number of ether oxygens (including phenoxy) is 3. The van der Waals surface area contributed by atoms with E-state index in [2.05, 4.69) is 20.8 Å². The highest BCUT2D eigenvalue weighted by molar-refractivity contribution is 7.99. The zero-order valence-corrected chi connectivity index (χ0v) is 18.2. The number of fused-ring (bicyclic) bond motifs is 1. The number of thioether (sulfide) groups is 1. The second-order valence-corrected chi connectivity index (χ2v) is 7.69. The van der Waals surface area contributed by atoms with Gasteiger partial charge in [0.2, 0.25) is 24.5 Å². The van der Waals surface area contributed by atoms with Crippen LogP contribution in [-0.2, 0) is 9.59 Å². The van der Waals surface area contributed by atoms with Crippen LogP contribution in [0, 0.1) is 6.92 Å². The van der Waals surface area contributed by atoms with E-state index in [0.717, 1.165) is 17.3 Å². The number of hydrogen-bond acceptors (Lipinski definition) is 9.